The number of aryl methyl sites for hydroxylation is 1. The Morgan fingerprint density at radius 1 is 1.27 bits per heavy atom. The van der Waals surface area contributed by atoms with E-state index in [2.05, 4.69) is 25.7 Å². The van der Waals surface area contributed by atoms with Gasteiger partial charge in [0, 0.05) is 35.2 Å². The van der Waals surface area contributed by atoms with E-state index in [-0.39, 0.29) is 11.7 Å². The monoisotopic (exact) mass is 447 g/mol. The SMILES string of the molecule is CC(=O)CCN1CCC(CN[C@@H]2C[C@H]2c2cc(C(=O)Nc3nnc(C)s3)cs2)CC1. The molecule has 1 saturated carbocycles. The van der Waals surface area contributed by atoms with E-state index in [0.717, 1.165) is 43.5 Å². The van der Waals surface area contributed by atoms with Crippen molar-refractivity contribution in [2.75, 3.05) is 31.5 Å². The molecule has 30 heavy (non-hydrogen) atoms. The van der Waals surface area contributed by atoms with E-state index in [9.17, 15) is 9.59 Å². The van der Waals surface area contributed by atoms with Gasteiger partial charge in [-0.2, -0.15) is 0 Å². The van der Waals surface area contributed by atoms with Crippen LogP contribution in [0.4, 0.5) is 5.13 Å². The van der Waals surface area contributed by atoms with E-state index in [1.54, 1.807) is 18.3 Å². The van der Waals surface area contributed by atoms with Gasteiger partial charge >= 0.3 is 0 Å². The first-order valence-electron chi connectivity index (χ1n) is 10.6. The third-order valence-corrected chi connectivity index (χ3v) is 7.76. The van der Waals surface area contributed by atoms with Crippen LogP contribution in [-0.4, -0.2) is 59.0 Å². The molecule has 0 bridgehead atoms. The lowest BCUT2D eigenvalue weighted by atomic mass is 9.96. The van der Waals surface area contributed by atoms with Crippen LogP contribution in [0.2, 0.25) is 0 Å². The Kier molecular flexibility index (Phi) is 6.92. The van der Waals surface area contributed by atoms with Crippen molar-refractivity contribution in [3.63, 3.8) is 0 Å². The molecule has 0 spiro atoms. The lowest BCUT2D eigenvalue weighted by Gasteiger charge is -2.31. The van der Waals surface area contributed by atoms with Gasteiger partial charge in [-0.3, -0.25) is 14.9 Å². The first-order chi connectivity index (χ1) is 14.5. The minimum absolute atomic E-state index is 0.115. The molecule has 2 atom stereocenters. The lowest BCUT2D eigenvalue weighted by Crippen LogP contribution is -2.38. The second-order valence-corrected chi connectivity index (χ2v) is 10.5. The molecule has 9 heteroatoms. The summed E-state index contributed by atoms with van der Waals surface area (Å²) in [4.78, 5) is 27.2. The molecular formula is C21H29N5O2S2. The van der Waals surface area contributed by atoms with Gasteiger partial charge in [0.25, 0.3) is 5.91 Å². The van der Waals surface area contributed by atoms with Crippen LogP contribution < -0.4 is 10.6 Å². The highest BCUT2D eigenvalue weighted by Gasteiger charge is 2.39. The minimum Gasteiger partial charge on any atom is -0.313 e. The number of hydrogen-bond donors (Lipinski definition) is 2. The third-order valence-electron chi connectivity index (χ3n) is 5.94. The second-order valence-electron chi connectivity index (χ2n) is 8.41. The van der Waals surface area contributed by atoms with Crippen molar-refractivity contribution >= 4 is 39.5 Å². The molecule has 1 aliphatic carbocycles. The molecule has 2 aromatic rings. The summed E-state index contributed by atoms with van der Waals surface area (Å²) in [5.74, 6) is 1.41. The fraction of sp³-hybridized carbons (Fsp3) is 0.619. The summed E-state index contributed by atoms with van der Waals surface area (Å²) in [6.07, 6.45) is 4.23. The number of rotatable bonds is 9. The van der Waals surface area contributed by atoms with E-state index >= 15 is 0 Å². The van der Waals surface area contributed by atoms with Gasteiger partial charge in [-0.25, -0.2) is 0 Å². The van der Waals surface area contributed by atoms with Crippen molar-refractivity contribution in [1.82, 2.24) is 20.4 Å². The molecule has 0 unspecified atom stereocenters. The molecule has 0 aromatic carbocycles. The first-order valence-corrected chi connectivity index (χ1v) is 12.3. The van der Waals surface area contributed by atoms with Crippen molar-refractivity contribution in [1.29, 1.82) is 0 Å². The summed E-state index contributed by atoms with van der Waals surface area (Å²) in [6, 6.07) is 2.55. The minimum atomic E-state index is -0.115. The number of nitrogens with one attached hydrogen (secondary N) is 2. The zero-order valence-electron chi connectivity index (χ0n) is 17.5. The van der Waals surface area contributed by atoms with Crippen molar-refractivity contribution in [3.8, 4) is 0 Å². The Balaban J connectivity index is 1.18. The van der Waals surface area contributed by atoms with Crippen LogP contribution in [-0.2, 0) is 4.79 Å². The molecule has 2 N–H and O–H groups in total. The number of amides is 1. The Bertz CT molecular complexity index is 888. The fourth-order valence-corrected chi connectivity index (χ4v) is 5.62. The average Bonchev–Trinajstić information content (AvgIpc) is 3.12. The van der Waals surface area contributed by atoms with Crippen LogP contribution in [0.25, 0.3) is 0 Å². The summed E-state index contributed by atoms with van der Waals surface area (Å²) in [5.41, 5.74) is 0.700. The molecule has 2 fully saturated rings. The smallest absolute Gasteiger partial charge is 0.258 e. The van der Waals surface area contributed by atoms with Gasteiger partial charge in [0.05, 0.1) is 5.56 Å². The Hall–Kier alpha value is -1.68. The van der Waals surface area contributed by atoms with Gasteiger partial charge in [-0.15, -0.1) is 21.5 Å². The summed E-state index contributed by atoms with van der Waals surface area (Å²) in [7, 11) is 0. The maximum absolute atomic E-state index is 12.4. The Labute approximate surface area is 185 Å². The average molecular weight is 448 g/mol. The van der Waals surface area contributed by atoms with Crippen LogP contribution in [0.15, 0.2) is 11.4 Å². The van der Waals surface area contributed by atoms with Crippen LogP contribution >= 0.6 is 22.7 Å². The van der Waals surface area contributed by atoms with Gasteiger partial charge in [-0.05, 0) is 64.7 Å². The Morgan fingerprint density at radius 3 is 2.77 bits per heavy atom. The van der Waals surface area contributed by atoms with Crippen molar-refractivity contribution in [3.05, 3.63) is 26.9 Å². The number of anilines is 1. The number of nitrogens with zero attached hydrogens (tertiary/aromatic N) is 3. The van der Waals surface area contributed by atoms with E-state index < -0.39 is 0 Å². The number of thiophene rings is 1. The normalized spacial score (nSPS) is 22.2. The van der Waals surface area contributed by atoms with Crippen molar-refractivity contribution in [2.45, 2.75) is 51.5 Å². The molecule has 162 valence electrons. The molecule has 7 nitrogen and oxygen atoms in total. The standard InChI is InChI=1S/C21H29N5O2S2/c1-13(27)3-6-26-7-4-15(5-8-26)11-22-18-10-17(18)19-9-16(12-29-19)20(28)23-21-25-24-14(2)30-21/h9,12,15,17-18,22H,3-8,10-11H2,1-2H3,(H,23,25,28)/t17-,18-/m1/s1. The molecule has 0 radical (unpaired) electrons. The predicted molar refractivity (Wildman–Crippen MR) is 121 cm³/mol. The number of ketones is 1. The predicted octanol–water partition coefficient (Wildman–Crippen LogP) is 3.30. The van der Waals surface area contributed by atoms with Gasteiger partial charge in [0.2, 0.25) is 5.13 Å². The highest BCUT2D eigenvalue weighted by atomic mass is 32.1. The van der Waals surface area contributed by atoms with Gasteiger partial charge in [0.15, 0.2) is 0 Å². The van der Waals surface area contributed by atoms with Gasteiger partial charge < -0.3 is 10.2 Å². The van der Waals surface area contributed by atoms with E-state index in [1.165, 1.54) is 29.1 Å². The highest BCUT2D eigenvalue weighted by Crippen LogP contribution is 2.43. The number of aromatic nitrogens is 2. The molecule has 1 saturated heterocycles. The number of Topliss-reactive ketones (excluding diaryl/α,β-unsaturated/α-hetero) is 1. The lowest BCUT2D eigenvalue weighted by molar-refractivity contribution is -0.117. The largest absolute Gasteiger partial charge is 0.313 e. The van der Waals surface area contributed by atoms with E-state index in [0.29, 0.717) is 29.1 Å². The summed E-state index contributed by atoms with van der Waals surface area (Å²) in [5, 5.41) is 17.8. The first kappa shape index (κ1) is 21.5. The van der Waals surface area contributed by atoms with E-state index in [1.807, 2.05) is 18.4 Å². The topological polar surface area (TPSA) is 87.2 Å². The van der Waals surface area contributed by atoms with Crippen LogP contribution in [0.3, 0.4) is 0 Å². The number of piperidine rings is 1. The van der Waals surface area contributed by atoms with Gasteiger partial charge in [0.1, 0.15) is 10.8 Å². The number of carbonyl (C=O) groups excluding carboxylic acids is 2. The molecule has 1 aliphatic heterocycles. The van der Waals surface area contributed by atoms with Crippen molar-refractivity contribution in [2.24, 2.45) is 5.92 Å². The summed E-state index contributed by atoms with van der Waals surface area (Å²) in [6.45, 7) is 7.72. The van der Waals surface area contributed by atoms with Crippen LogP contribution in [0.1, 0.15) is 58.8 Å². The van der Waals surface area contributed by atoms with Crippen LogP contribution in [0.5, 0.6) is 0 Å². The maximum atomic E-state index is 12.4. The molecular weight excluding hydrogens is 418 g/mol. The van der Waals surface area contributed by atoms with Crippen LogP contribution in [0, 0.1) is 12.8 Å². The molecule has 2 aromatic heterocycles. The van der Waals surface area contributed by atoms with E-state index in [4.69, 9.17) is 0 Å². The number of carbonyl (C=O) groups is 2. The third kappa shape index (κ3) is 5.72. The van der Waals surface area contributed by atoms with Gasteiger partial charge in [-0.1, -0.05) is 11.3 Å². The summed E-state index contributed by atoms with van der Waals surface area (Å²) >= 11 is 3.05. The molecule has 2 aliphatic rings. The van der Waals surface area contributed by atoms with Crippen molar-refractivity contribution < 1.29 is 9.59 Å². The Morgan fingerprint density at radius 2 is 2.07 bits per heavy atom. The fourth-order valence-electron chi connectivity index (χ4n) is 3.97. The molecule has 1 amide bonds. The quantitative estimate of drug-likeness (QED) is 0.613. The zero-order chi connectivity index (χ0) is 21.1. The molecule has 4 rings (SSSR count). The number of likely N-dealkylation sites (tertiary alicyclic amines) is 1. The summed E-state index contributed by atoms with van der Waals surface area (Å²) < 4.78 is 0. The zero-order valence-corrected chi connectivity index (χ0v) is 19.2. The second kappa shape index (κ2) is 9.64. The molecule has 3 heterocycles. The number of hydrogen-bond acceptors (Lipinski definition) is 8. The highest BCUT2D eigenvalue weighted by molar-refractivity contribution is 7.15. The maximum Gasteiger partial charge on any atom is 0.258 e.